The molecule has 86 valence electrons. The Hall–Kier alpha value is -0.570. The van der Waals surface area contributed by atoms with Crippen LogP contribution in [0, 0.1) is 11.8 Å². The van der Waals surface area contributed by atoms with E-state index in [1.54, 1.807) is 0 Å². The van der Waals surface area contributed by atoms with Crippen molar-refractivity contribution < 1.29 is 4.79 Å². The van der Waals surface area contributed by atoms with Crippen LogP contribution in [-0.2, 0) is 4.79 Å². The molecule has 3 nitrogen and oxygen atoms in total. The molecule has 2 aliphatic rings. The summed E-state index contributed by atoms with van der Waals surface area (Å²) in [5.41, 5.74) is 0. The number of nitrogens with one attached hydrogen (secondary N) is 1. The Morgan fingerprint density at radius 1 is 1.47 bits per heavy atom. The summed E-state index contributed by atoms with van der Waals surface area (Å²) in [6.07, 6.45) is 5.38. The van der Waals surface area contributed by atoms with Crippen molar-refractivity contribution >= 4 is 5.91 Å². The molecule has 0 aromatic carbocycles. The van der Waals surface area contributed by atoms with Crippen molar-refractivity contribution in [3.8, 4) is 0 Å². The van der Waals surface area contributed by atoms with Crippen LogP contribution in [0.1, 0.15) is 39.5 Å². The van der Waals surface area contributed by atoms with Crippen LogP contribution in [0.15, 0.2) is 0 Å². The molecule has 1 aliphatic carbocycles. The van der Waals surface area contributed by atoms with Crippen molar-refractivity contribution in [1.82, 2.24) is 10.2 Å². The van der Waals surface area contributed by atoms with E-state index >= 15 is 0 Å². The van der Waals surface area contributed by atoms with Gasteiger partial charge in [0.2, 0.25) is 5.91 Å². The third kappa shape index (κ3) is 2.51. The predicted octanol–water partition coefficient (Wildman–Crippen LogP) is 1.59. The first kappa shape index (κ1) is 10.9. The number of amides is 1. The summed E-state index contributed by atoms with van der Waals surface area (Å²) in [6.45, 7) is 5.96. The fourth-order valence-electron chi connectivity index (χ4n) is 2.43. The van der Waals surface area contributed by atoms with Crippen LogP contribution in [0.4, 0.5) is 0 Å². The number of carbonyl (C=O) groups excluding carboxylic acids is 1. The van der Waals surface area contributed by atoms with E-state index in [0.717, 1.165) is 18.9 Å². The maximum absolute atomic E-state index is 11.7. The molecule has 1 amide bonds. The minimum Gasteiger partial charge on any atom is -0.326 e. The lowest BCUT2D eigenvalue weighted by Crippen LogP contribution is -2.42. The van der Waals surface area contributed by atoms with Gasteiger partial charge in [-0.3, -0.25) is 10.1 Å². The second-order valence-corrected chi connectivity index (χ2v) is 5.37. The maximum Gasteiger partial charge on any atom is 0.237 e. The Balaban J connectivity index is 1.88. The van der Waals surface area contributed by atoms with Crippen molar-refractivity contribution in [2.24, 2.45) is 11.8 Å². The van der Waals surface area contributed by atoms with Gasteiger partial charge in [-0.05, 0) is 31.1 Å². The van der Waals surface area contributed by atoms with Gasteiger partial charge in [-0.2, -0.15) is 0 Å². The molecule has 15 heavy (non-hydrogen) atoms. The highest BCUT2D eigenvalue weighted by atomic mass is 16.2. The highest BCUT2D eigenvalue weighted by Gasteiger charge is 2.33. The maximum atomic E-state index is 11.7. The van der Waals surface area contributed by atoms with E-state index < -0.39 is 0 Å². The van der Waals surface area contributed by atoms with Gasteiger partial charge in [0.25, 0.3) is 0 Å². The summed E-state index contributed by atoms with van der Waals surface area (Å²) in [6, 6.07) is 0. The first-order chi connectivity index (χ1) is 7.16. The second-order valence-electron chi connectivity index (χ2n) is 5.37. The number of hydrogen-bond donors (Lipinski definition) is 1. The third-order valence-electron chi connectivity index (χ3n) is 3.56. The molecule has 1 heterocycles. The van der Waals surface area contributed by atoms with E-state index in [-0.39, 0.29) is 0 Å². The molecule has 0 aromatic rings. The highest BCUT2D eigenvalue weighted by molar-refractivity contribution is 5.80. The molecule has 2 fully saturated rings. The molecular weight excluding hydrogens is 188 g/mol. The molecule has 1 atom stereocenters. The molecule has 1 saturated carbocycles. The Kier molecular flexibility index (Phi) is 3.29. The van der Waals surface area contributed by atoms with E-state index in [9.17, 15) is 4.79 Å². The van der Waals surface area contributed by atoms with Crippen LogP contribution < -0.4 is 5.32 Å². The van der Waals surface area contributed by atoms with E-state index in [4.69, 9.17) is 0 Å². The molecule has 0 spiro atoms. The predicted molar refractivity (Wildman–Crippen MR) is 60.3 cm³/mol. The second kappa shape index (κ2) is 4.52. The molecule has 0 aromatic heterocycles. The molecular formula is C12H22N2O. The summed E-state index contributed by atoms with van der Waals surface area (Å²) >= 11 is 0. The standard InChI is InChI=1S/C12H22N2O/c1-9(2)6-11-13-7-12(15)14(11)8-10-4-3-5-10/h9-11,13H,3-8H2,1-2H3. The van der Waals surface area contributed by atoms with Crippen LogP contribution in [0.5, 0.6) is 0 Å². The van der Waals surface area contributed by atoms with Crippen LogP contribution in [0.2, 0.25) is 0 Å². The molecule has 0 radical (unpaired) electrons. The van der Waals surface area contributed by atoms with E-state index in [1.807, 2.05) is 0 Å². The van der Waals surface area contributed by atoms with Crippen LogP contribution in [0.3, 0.4) is 0 Å². The number of carbonyl (C=O) groups is 1. The minimum absolute atomic E-state index is 0.299. The third-order valence-corrected chi connectivity index (χ3v) is 3.56. The van der Waals surface area contributed by atoms with Crippen LogP contribution >= 0.6 is 0 Å². The molecule has 1 aliphatic heterocycles. The van der Waals surface area contributed by atoms with Gasteiger partial charge >= 0.3 is 0 Å². The minimum atomic E-state index is 0.299. The first-order valence-electron chi connectivity index (χ1n) is 6.19. The van der Waals surface area contributed by atoms with E-state index in [1.165, 1.54) is 19.3 Å². The highest BCUT2D eigenvalue weighted by Crippen LogP contribution is 2.28. The summed E-state index contributed by atoms with van der Waals surface area (Å²) < 4.78 is 0. The topological polar surface area (TPSA) is 32.3 Å². The van der Waals surface area contributed by atoms with Gasteiger partial charge in [0.1, 0.15) is 0 Å². The molecule has 1 unspecified atom stereocenters. The molecule has 1 saturated heterocycles. The lowest BCUT2D eigenvalue weighted by Gasteiger charge is -2.33. The molecule has 1 N–H and O–H groups in total. The Morgan fingerprint density at radius 2 is 2.20 bits per heavy atom. The molecule has 3 heteroatoms. The van der Waals surface area contributed by atoms with Crippen molar-refractivity contribution in [3.63, 3.8) is 0 Å². The fourth-order valence-corrected chi connectivity index (χ4v) is 2.43. The van der Waals surface area contributed by atoms with Crippen molar-refractivity contribution in [3.05, 3.63) is 0 Å². The van der Waals surface area contributed by atoms with Crippen LogP contribution in [0.25, 0.3) is 0 Å². The Bertz CT molecular complexity index is 236. The summed E-state index contributed by atoms with van der Waals surface area (Å²) in [5.74, 6) is 1.73. The average Bonchev–Trinajstić information content (AvgIpc) is 2.40. The summed E-state index contributed by atoms with van der Waals surface area (Å²) in [7, 11) is 0. The van der Waals surface area contributed by atoms with Crippen molar-refractivity contribution in [1.29, 1.82) is 0 Å². The van der Waals surface area contributed by atoms with E-state index in [0.29, 0.717) is 24.5 Å². The monoisotopic (exact) mass is 210 g/mol. The lowest BCUT2D eigenvalue weighted by atomic mass is 9.85. The Morgan fingerprint density at radius 3 is 2.73 bits per heavy atom. The van der Waals surface area contributed by atoms with Gasteiger partial charge in [0, 0.05) is 6.54 Å². The van der Waals surface area contributed by atoms with Crippen molar-refractivity contribution in [2.45, 2.75) is 45.7 Å². The normalized spacial score (nSPS) is 27.5. The number of hydrogen-bond acceptors (Lipinski definition) is 2. The number of rotatable bonds is 4. The van der Waals surface area contributed by atoms with Crippen LogP contribution in [-0.4, -0.2) is 30.1 Å². The van der Waals surface area contributed by atoms with Crippen molar-refractivity contribution in [2.75, 3.05) is 13.1 Å². The van der Waals surface area contributed by atoms with Gasteiger partial charge in [0.15, 0.2) is 0 Å². The smallest absolute Gasteiger partial charge is 0.237 e. The Labute approximate surface area is 92.2 Å². The average molecular weight is 210 g/mol. The van der Waals surface area contributed by atoms with Gasteiger partial charge in [-0.1, -0.05) is 20.3 Å². The SMILES string of the molecule is CC(C)CC1NCC(=O)N1CC1CCC1. The zero-order valence-corrected chi connectivity index (χ0v) is 9.83. The van der Waals surface area contributed by atoms with Gasteiger partial charge in [-0.15, -0.1) is 0 Å². The molecule has 2 rings (SSSR count). The van der Waals surface area contributed by atoms with Gasteiger partial charge in [-0.25, -0.2) is 0 Å². The van der Waals surface area contributed by atoms with Gasteiger partial charge in [0.05, 0.1) is 12.7 Å². The van der Waals surface area contributed by atoms with E-state index in [2.05, 4.69) is 24.1 Å². The summed E-state index contributed by atoms with van der Waals surface area (Å²) in [5, 5.41) is 3.32. The summed E-state index contributed by atoms with van der Waals surface area (Å²) in [4.78, 5) is 13.8. The lowest BCUT2D eigenvalue weighted by molar-refractivity contribution is -0.129. The largest absolute Gasteiger partial charge is 0.326 e. The number of nitrogens with zero attached hydrogens (tertiary/aromatic N) is 1. The zero-order chi connectivity index (χ0) is 10.8. The first-order valence-corrected chi connectivity index (χ1v) is 6.19. The quantitative estimate of drug-likeness (QED) is 0.764. The zero-order valence-electron chi connectivity index (χ0n) is 9.83. The van der Waals surface area contributed by atoms with Gasteiger partial charge < -0.3 is 4.90 Å². The fraction of sp³-hybridized carbons (Fsp3) is 0.917. The molecule has 0 bridgehead atoms.